The van der Waals surface area contributed by atoms with E-state index in [4.69, 9.17) is 11.6 Å². The first-order chi connectivity index (χ1) is 28.6. The number of hydrogen-bond donors (Lipinski definition) is 0. The summed E-state index contributed by atoms with van der Waals surface area (Å²) in [7, 11) is 0. The Labute approximate surface area is 351 Å². The molecule has 0 saturated heterocycles. The summed E-state index contributed by atoms with van der Waals surface area (Å²) in [5.41, 5.74) is 20.0. The predicted octanol–water partition coefficient (Wildman–Crippen LogP) is 16.4. The third-order valence-electron chi connectivity index (χ3n) is 17.4. The van der Waals surface area contributed by atoms with Gasteiger partial charge in [-0.15, -0.1) is 0 Å². The fraction of sp³-hybridized carbons (Fsp3) is 0.455. The number of halogens is 1. The van der Waals surface area contributed by atoms with Gasteiger partial charge in [0.2, 0.25) is 0 Å². The van der Waals surface area contributed by atoms with Gasteiger partial charge in [-0.3, -0.25) is 0 Å². The van der Waals surface area contributed by atoms with E-state index in [-0.39, 0.29) is 0 Å². The second kappa shape index (κ2) is 13.5. The van der Waals surface area contributed by atoms with Crippen LogP contribution >= 0.6 is 11.6 Å². The van der Waals surface area contributed by atoms with Gasteiger partial charge in [-0.05, 0) is 249 Å². The summed E-state index contributed by atoms with van der Waals surface area (Å²) in [5.74, 6) is 5.78. The summed E-state index contributed by atoms with van der Waals surface area (Å²) in [6, 6.07) is 36.8. The highest BCUT2D eigenvalue weighted by Gasteiger charge is 2.38. The van der Waals surface area contributed by atoms with Crippen molar-refractivity contribution in [3.63, 3.8) is 0 Å². The Morgan fingerprint density at radius 2 is 0.776 bits per heavy atom. The molecule has 5 aromatic rings. The smallest absolute Gasteiger partial charge is 0.0887 e. The third-order valence-corrected chi connectivity index (χ3v) is 17.7. The van der Waals surface area contributed by atoms with E-state index in [2.05, 4.69) is 101 Å². The Bertz CT molecular complexity index is 2370. The third kappa shape index (κ3) is 5.42. The lowest BCUT2D eigenvalue weighted by molar-refractivity contribution is 0.299. The van der Waals surface area contributed by atoms with Crippen LogP contribution in [0.25, 0.3) is 0 Å². The van der Waals surface area contributed by atoms with Gasteiger partial charge in [0.25, 0.3) is 0 Å². The van der Waals surface area contributed by atoms with Gasteiger partial charge in [-0.25, -0.2) is 0 Å². The highest BCUT2D eigenvalue weighted by molar-refractivity contribution is 6.36. The lowest BCUT2D eigenvalue weighted by Gasteiger charge is -2.41. The van der Waals surface area contributed by atoms with Crippen molar-refractivity contribution < 1.29 is 0 Å². The maximum atomic E-state index is 8.06. The molecule has 294 valence electrons. The quantitative estimate of drug-likeness (QED) is 0.169. The number of anilines is 6. The van der Waals surface area contributed by atoms with Crippen LogP contribution < -0.4 is 9.80 Å². The molecule has 58 heavy (non-hydrogen) atoms. The minimum atomic E-state index is 0.681. The predicted molar refractivity (Wildman–Crippen MR) is 241 cm³/mol. The summed E-state index contributed by atoms with van der Waals surface area (Å²) in [5, 5.41) is 0.829. The van der Waals surface area contributed by atoms with Crippen LogP contribution in [0, 0.1) is 5.92 Å². The Balaban J connectivity index is 0.988. The van der Waals surface area contributed by atoms with Gasteiger partial charge in [0.05, 0.1) is 16.4 Å². The summed E-state index contributed by atoms with van der Waals surface area (Å²) < 4.78 is 0. The highest BCUT2D eigenvalue weighted by atomic mass is 35.5. The molecule has 11 aliphatic rings. The molecule has 0 heterocycles. The lowest BCUT2D eigenvalue weighted by atomic mass is 9.67. The molecule has 16 rings (SSSR count). The first-order valence-electron chi connectivity index (χ1n) is 23.5. The Morgan fingerprint density at radius 3 is 1.22 bits per heavy atom. The van der Waals surface area contributed by atoms with Crippen LogP contribution in [0.15, 0.2) is 91.0 Å². The molecule has 2 unspecified atom stereocenters. The molecule has 4 fully saturated rings. The Hall–Kier alpha value is -4.01. The van der Waals surface area contributed by atoms with Crippen molar-refractivity contribution in [2.24, 2.45) is 5.92 Å². The van der Waals surface area contributed by atoms with E-state index in [0.717, 1.165) is 46.0 Å². The van der Waals surface area contributed by atoms with Crippen molar-refractivity contribution in [3.05, 3.63) is 141 Å². The molecule has 8 bridgehead atoms. The van der Waals surface area contributed by atoms with Crippen molar-refractivity contribution >= 4 is 45.7 Å². The zero-order chi connectivity index (χ0) is 38.1. The summed E-state index contributed by atoms with van der Waals surface area (Å²) in [6.07, 6.45) is 22.8. The zero-order valence-electron chi connectivity index (χ0n) is 34.1. The fourth-order valence-electron chi connectivity index (χ4n) is 14.5. The standard InChI is InChI=1S/C55H57ClN2/c56-55-53(57(43-20-24-47-34-7-13-37(14-8-34)50(47)30-43)42-19-23-46-40-4-1-3-33(27-40)28-41(46)29-42)5-2-6-54(55)58(44-21-25-48-35-9-15-38(16-10-35)51(48)31-44)45-22-26-49-36-11-17-39(18-12-36)52(49)32-45/h2,5-6,19-26,29-40H,1,3-4,7-18,27-28H2. The largest absolute Gasteiger partial charge is 0.309 e. The molecule has 2 atom stereocenters. The number of rotatable bonds is 6. The Kier molecular flexibility index (Phi) is 8.11. The second-order valence-corrected chi connectivity index (χ2v) is 20.6. The zero-order valence-corrected chi connectivity index (χ0v) is 34.8. The Morgan fingerprint density at radius 1 is 0.379 bits per heavy atom. The number of nitrogens with zero attached hydrogens (tertiary/aromatic N) is 2. The average molecular weight is 782 g/mol. The molecular weight excluding hydrogens is 724 g/mol. The summed E-state index contributed by atoms with van der Waals surface area (Å²) >= 11 is 8.06. The summed E-state index contributed by atoms with van der Waals surface area (Å²) in [4.78, 5) is 5.07. The molecule has 0 amide bonds. The average Bonchev–Trinajstić information content (AvgIpc) is 3.29. The minimum Gasteiger partial charge on any atom is -0.309 e. The van der Waals surface area contributed by atoms with Crippen LogP contribution in [0.1, 0.15) is 189 Å². The first-order valence-corrected chi connectivity index (χ1v) is 23.9. The fourth-order valence-corrected chi connectivity index (χ4v) is 14.8. The van der Waals surface area contributed by atoms with Gasteiger partial charge in [0.15, 0.2) is 0 Å². The molecule has 5 aromatic carbocycles. The topological polar surface area (TPSA) is 6.48 Å². The number of hydrogen-bond acceptors (Lipinski definition) is 2. The number of fused-ring (bicyclic) bond motifs is 10. The molecule has 2 nitrogen and oxygen atoms in total. The van der Waals surface area contributed by atoms with E-state index in [1.165, 1.54) is 132 Å². The van der Waals surface area contributed by atoms with Crippen LogP contribution in [0.3, 0.4) is 0 Å². The van der Waals surface area contributed by atoms with Gasteiger partial charge in [-0.1, -0.05) is 54.8 Å². The van der Waals surface area contributed by atoms with E-state index in [9.17, 15) is 0 Å². The molecule has 4 saturated carbocycles. The van der Waals surface area contributed by atoms with Gasteiger partial charge in [0, 0.05) is 22.7 Å². The van der Waals surface area contributed by atoms with Crippen molar-refractivity contribution in [2.45, 2.75) is 151 Å². The molecule has 0 spiro atoms. The monoisotopic (exact) mass is 780 g/mol. The van der Waals surface area contributed by atoms with Crippen molar-refractivity contribution in [1.82, 2.24) is 0 Å². The van der Waals surface area contributed by atoms with Crippen LogP contribution in [-0.4, -0.2) is 0 Å². The second-order valence-electron chi connectivity index (χ2n) is 20.2. The van der Waals surface area contributed by atoms with Crippen LogP contribution in [0.4, 0.5) is 34.1 Å². The molecule has 0 aromatic heterocycles. The molecule has 0 radical (unpaired) electrons. The van der Waals surface area contributed by atoms with E-state index in [1.807, 2.05) is 0 Å². The molecule has 3 heteroatoms. The maximum Gasteiger partial charge on any atom is 0.0887 e. The molecular formula is C55H57ClN2. The van der Waals surface area contributed by atoms with Crippen LogP contribution in [-0.2, 0) is 6.42 Å². The summed E-state index contributed by atoms with van der Waals surface area (Å²) in [6.45, 7) is 0. The lowest BCUT2D eigenvalue weighted by Crippen LogP contribution is -2.24. The van der Waals surface area contributed by atoms with Crippen molar-refractivity contribution in [2.75, 3.05) is 9.80 Å². The SMILES string of the molecule is Clc1c(N(c2ccc3c(c2)CC2CCCC3C2)c2ccc3c(c2)C2CCC3CC2)cccc1N(c1ccc2c(c1)C1CCC2CC1)c1ccc2c(c1)C1CCC2CC1. The molecule has 11 aliphatic carbocycles. The van der Waals surface area contributed by atoms with Crippen molar-refractivity contribution in [3.8, 4) is 0 Å². The minimum absolute atomic E-state index is 0.681. The van der Waals surface area contributed by atoms with E-state index in [0.29, 0.717) is 17.8 Å². The van der Waals surface area contributed by atoms with Crippen LogP contribution in [0.2, 0.25) is 5.02 Å². The van der Waals surface area contributed by atoms with Crippen LogP contribution in [0.5, 0.6) is 0 Å². The van der Waals surface area contributed by atoms with Gasteiger partial charge in [-0.2, -0.15) is 0 Å². The normalized spacial score (nSPS) is 29.3. The van der Waals surface area contributed by atoms with E-state index >= 15 is 0 Å². The maximum absolute atomic E-state index is 8.06. The number of benzene rings is 5. The highest BCUT2D eigenvalue weighted by Crippen LogP contribution is 2.56. The van der Waals surface area contributed by atoms with E-state index < -0.39 is 0 Å². The van der Waals surface area contributed by atoms with Gasteiger partial charge < -0.3 is 9.80 Å². The molecule has 0 aliphatic heterocycles. The van der Waals surface area contributed by atoms with Crippen molar-refractivity contribution in [1.29, 1.82) is 0 Å². The first kappa shape index (κ1) is 34.8. The van der Waals surface area contributed by atoms with Gasteiger partial charge in [0.1, 0.15) is 0 Å². The van der Waals surface area contributed by atoms with Gasteiger partial charge >= 0.3 is 0 Å². The van der Waals surface area contributed by atoms with E-state index in [1.54, 1.807) is 44.5 Å². The molecule has 0 N–H and O–H groups in total.